The highest BCUT2D eigenvalue weighted by atomic mass is 16.4. The SMILES string of the molecule is O=C(O)C=CC(=O)NCC(c1ccccc1)c1ccccc1. The van der Waals surface area contributed by atoms with Crippen LogP contribution in [0.4, 0.5) is 0 Å². The minimum Gasteiger partial charge on any atom is -0.478 e. The molecule has 112 valence electrons. The number of amides is 1. The van der Waals surface area contributed by atoms with Gasteiger partial charge in [0.15, 0.2) is 0 Å². The van der Waals surface area contributed by atoms with Gasteiger partial charge in [-0.1, -0.05) is 60.7 Å². The predicted molar refractivity (Wildman–Crippen MR) is 84.5 cm³/mol. The summed E-state index contributed by atoms with van der Waals surface area (Å²) >= 11 is 0. The Hall–Kier alpha value is -2.88. The van der Waals surface area contributed by atoms with E-state index < -0.39 is 11.9 Å². The molecule has 2 rings (SSSR count). The lowest BCUT2D eigenvalue weighted by molar-refractivity contribution is -0.131. The van der Waals surface area contributed by atoms with E-state index in [1.165, 1.54) is 0 Å². The van der Waals surface area contributed by atoms with Crippen LogP contribution in [0, 0.1) is 0 Å². The summed E-state index contributed by atoms with van der Waals surface area (Å²) in [5, 5.41) is 11.3. The monoisotopic (exact) mass is 295 g/mol. The van der Waals surface area contributed by atoms with Gasteiger partial charge in [-0.25, -0.2) is 4.79 Å². The normalized spacial score (nSPS) is 10.8. The molecule has 0 saturated heterocycles. The molecule has 0 saturated carbocycles. The molecule has 0 aliphatic carbocycles. The van der Waals surface area contributed by atoms with Crippen molar-refractivity contribution in [2.24, 2.45) is 0 Å². The molecule has 0 fully saturated rings. The molecule has 4 nitrogen and oxygen atoms in total. The van der Waals surface area contributed by atoms with Crippen LogP contribution in [0.25, 0.3) is 0 Å². The van der Waals surface area contributed by atoms with Gasteiger partial charge in [0.05, 0.1) is 0 Å². The van der Waals surface area contributed by atoms with Crippen LogP contribution in [0.1, 0.15) is 17.0 Å². The summed E-state index contributed by atoms with van der Waals surface area (Å²) in [4.78, 5) is 22.1. The summed E-state index contributed by atoms with van der Waals surface area (Å²) in [5.74, 6) is -1.54. The molecular weight excluding hydrogens is 278 g/mol. The second kappa shape index (κ2) is 7.78. The van der Waals surface area contributed by atoms with E-state index >= 15 is 0 Å². The van der Waals surface area contributed by atoms with Crippen LogP contribution in [-0.4, -0.2) is 23.5 Å². The minimum absolute atomic E-state index is 0.0181. The van der Waals surface area contributed by atoms with Crippen molar-refractivity contribution < 1.29 is 14.7 Å². The highest BCUT2D eigenvalue weighted by molar-refractivity contribution is 5.93. The van der Waals surface area contributed by atoms with Crippen LogP contribution < -0.4 is 5.32 Å². The summed E-state index contributed by atoms with van der Waals surface area (Å²) in [6.45, 7) is 0.400. The summed E-state index contributed by atoms with van der Waals surface area (Å²) in [5.41, 5.74) is 2.19. The molecule has 22 heavy (non-hydrogen) atoms. The summed E-state index contributed by atoms with van der Waals surface area (Å²) in [6.07, 6.45) is 1.85. The fourth-order valence-electron chi connectivity index (χ4n) is 2.21. The Morgan fingerprint density at radius 1 is 0.909 bits per heavy atom. The van der Waals surface area contributed by atoms with Gasteiger partial charge >= 0.3 is 5.97 Å². The Kier molecular flexibility index (Phi) is 5.49. The fraction of sp³-hybridized carbons (Fsp3) is 0.111. The molecule has 0 aliphatic rings. The van der Waals surface area contributed by atoms with Crippen LogP contribution in [-0.2, 0) is 9.59 Å². The molecule has 0 heterocycles. The molecule has 2 aromatic carbocycles. The van der Waals surface area contributed by atoms with E-state index in [9.17, 15) is 9.59 Å². The van der Waals surface area contributed by atoms with Gasteiger partial charge in [-0.3, -0.25) is 4.79 Å². The molecule has 4 heteroatoms. The summed E-state index contributed by atoms with van der Waals surface area (Å²) < 4.78 is 0. The van der Waals surface area contributed by atoms with Crippen molar-refractivity contribution in [3.8, 4) is 0 Å². The molecule has 0 aromatic heterocycles. The number of carboxylic acid groups (broad SMARTS) is 1. The number of aliphatic carboxylic acids is 1. The number of rotatable bonds is 6. The third-order valence-corrected chi connectivity index (χ3v) is 3.26. The van der Waals surface area contributed by atoms with Gasteiger partial charge in [-0.05, 0) is 11.1 Å². The molecule has 2 aromatic rings. The van der Waals surface area contributed by atoms with Gasteiger partial charge in [0.1, 0.15) is 0 Å². The van der Waals surface area contributed by atoms with Crippen molar-refractivity contribution in [1.82, 2.24) is 5.32 Å². The topological polar surface area (TPSA) is 66.4 Å². The Morgan fingerprint density at radius 2 is 1.41 bits per heavy atom. The zero-order chi connectivity index (χ0) is 15.8. The van der Waals surface area contributed by atoms with Crippen LogP contribution in [0.15, 0.2) is 72.8 Å². The summed E-state index contributed by atoms with van der Waals surface area (Å²) in [7, 11) is 0. The molecule has 2 N–H and O–H groups in total. The van der Waals surface area contributed by atoms with E-state index in [1.54, 1.807) is 0 Å². The lowest BCUT2D eigenvalue weighted by atomic mass is 9.91. The van der Waals surface area contributed by atoms with Crippen LogP contribution in [0.2, 0.25) is 0 Å². The standard InChI is InChI=1S/C18H17NO3/c20-17(11-12-18(21)22)19-13-16(14-7-3-1-4-8-14)15-9-5-2-6-10-15/h1-12,16H,13H2,(H,19,20)(H,21,22). The first kappa shape index (κ1) is 15.5. The number of hydrogen-bond acceptors (Lipinski definition) is 2. The Bertz CT molecular complexity index is 611. The zero-order valence-corrected chi connectivity index (χ0v) is 12.0. The molecule has 0 bridgehead atoms. The minimum atomic E-state index is -1.14. The average Bonchev–Trinajstić information content (AvgIpc) is 2.55. The van der Waals surface area contributed by atoms with Crippen molar-refractivity contribution in [2.45, 2.75) is 5.92 Å². The number of carbonyl (C=O) groups is 2. The Morgan fingerprint density at radius 3 is 1.86 bits per heavy atom. The summed E-state index contributed by atoms with van der Waals surface area (Å²) in [6, 6.07) is 19.8. The van der Waals surface area contributed by atoms with Gasteiger partial charge in [0.25, 0.3) is 0 Å². The number of nitrogens with one attached hydrogen (secondary N) is 1. The smallest absolute Gasteiger partial charge is 0.328 e. The lowest BCUT2D eigenvalue weighted by Gasteiger charge is -2.18. The third kappa shape index (κ3) is 4.59. The first-order chi connectivity index (χ1) is 10.7. The first-order valence-electron chi connectivity index (χ1n) is 6.95. The van der Waals surface area contributed by atoms with Gasteiger partial charge in [-0.2, -0.15) is 0 Å². The largest absolute Gasteiger partial charge is 0.478 e. The van der Waals surface area contributed by atoms with E-state index in [2.05, 4.69) is 5.32 Å². The van der Waals surface area contributed by atoms with Crippen molar-refractivity contribution in [1.29, 1.82) is 0 Å². The van der Waals surface area contributed by atoms with Crippen molar-refractivity contribution in [2.75, 3.05) is 6.54 Å². The maximum absolute atomic E-state index is 11.7. The van der Waals surface area contributed by atoms with Crippen LogP contribution in [0.5, 0.6) is 0 Å². The average molecular weight is 295 g/mol. The number of carboxylic acids is 1. The molecule has 1 amide bonds. The molecular formula is C18H17NO3. The van der Waals surface area contributed by atoms with Crippen LogP contribution in [0.3, 0.4) is 0 Å². The van der Waals surface area contributed by atoms with Gasteiger partial charge in [0.2, 0.25) is 5.91 Å². The number of carbonyl (C=O) groups excluding carboxylic acids is 1. The molecule has 0 atom stereocenters. The Labute approximate surface area is 129 Å². The van der Waals surface area contributed by atoms with Gasteiger partial charge < -0.3 is 10.4 Å². The third-order valence-electron chi connectivity index (χ3n) is 3.26. The van der Waals surface area contributed by atoms with E-state index in [-0.39, 0.29) is 5.92 Å². The van der Waals surface area contributed by atoms with E-state index in [0.29, 0.717) is 6.54 Å². The van der Waals surface area contributed by atoms with Gasteiger partial charge in [0, 0.05) is 24.6 Å². The second-order valence-corrected chi connectivity index (χ2v) is 4.79. The predicted octanol–water partition coefficient (Wildman–Crippen LogP) is 2.58. The van der Waals surface area contributed by atoms with Crippen molar-refractivity contribution in [3.63, 3.8) is 0 Å². The van der Waals surface area contributed by atoms with E-state index in [4.69, 9.17) is 5.11 Å². The first-order valence-corrected chi connectivity index (χ1v) is 6.95. The van der Waals surface area contributed by atoms with Gasteiger partial charge in [-0.15, -0.1) is 0 Å². The number of hydrogen-bond donors (Lipinski definition) is 2. The highest BCUT2D eigenvalue weighted by Gasteiger charge is 2.14. The zero-order valence-electron chi connectivity index (χ0n) is 12.0. The molecule has 0 unspecified atom stereocenters. The fourth-order valence-corrected chi connectivity index (χ4v) is 2.21. The number of benzene rings is 2. The quantitative estimate of drug-likeness (QED) is 0.805. The van der Waals surface area contributed by atoms with E-state index in [1.807, 2.05) is 60.7 Å². The molecule has 0 aliphatic heterocycles. The molecule has 0 spiro atoms. The maximum atomic E-state index is 11.7. The van der Waals surface area contributed by atoms with Crippen molar-refractivity contribution in [3.05, 3.63) is 83.9 Å². The maximum Gasteiger partial charge on any atom is 0.328 e. The Balaban J connectivity index is 2.13. The second-order valence-electron chi connectivity index (χ2n) is 4.79. The molecule has 0 radical (unpaired) electrons. The van der Waals surface area contributed by atoms with Crippen LogP contribution >= 0.6 is 0 Å². The lowest BCUT2D eigenvalue weighted by Crippen LogP contribution is -2.27. The highest BCUT2D eigenvalue weighted by Crippen LogP contribution is 2.23. The van der Waals surface area contributed by atoms with E-state index in [0.717, 1.165) is 23.3 Å². The van der Waals surface area contributed by atoms with Crippen molar-refractivity contribution >= 4 is 11.9 Å².